The lowest BCUT2D eigenvalue weighted by molar-refractivity contribution is 0.0926. The van der Waals surface area contributed by atoms with Crippen LogP contribution in [0.3, 0.4) is 0 Å². The molecular weight excluding hydrogens is 456 g/mol. The Labute approximate surface area is 180 Å². The van der Waals surface area contributed by atoms with Crippen LogP contribution in [0, 0.1) is 5.82 Å². The van der Waals surface area contributed by atoms with Crippen molar-refractivity contribution >= 4 is 56.4 Å². The molecule has 152 valence electrons. The Morgan fingerprint density at radius 1 is 0.933 bits per heavy atom. The number of nitrogens with one attached hydrogen (secondary N) is 1. The van der Waals surface area contributed by atoms with Crippen molar-refractivity contribution in [3.63, 3.8) is 0 Å². The van der Waals surface area contributed by atoms with Gasteiger partial charge in [-0.05, 0) is 42.5 Å². The number of pyridine rings is 1. The molecule has 1 aliphatic heterocycles. The van der Waals surface area contributed by atoms with Gasteiger partial charge in [-0.1, -0.05) is 23.2 Å². The van der Waals surface area contributed by atoms with Crippen molar-refractivity contribution in [2.75, 3.05) is 9.62 Å². The van der Waals surface area contributed by atoms with Crippen molar-refractivity contribution in [2.24, 2.45) is 0 Å². The van der Waals surface area contributed by atoms with Crippen molar-refractivity contribution in [1.29, 1.82) is 0 Å². The standard InChI is InChI=1S/C19H10Cl2FN3O4S/c20-10-7-12(9-23-8-10)25-18(26)16-14(21)5-6-15(17(16)19(25)27)24-30(28,29)13-3-1-11(22)2-4-13/h1-9,24H. The summed E-state index contributed by atoms with van der Waals surface area (Å²) < 4.78 is 40.7. The number of benzene rings is 2. The summed E-state index contributed by atoms with van der Waals surface area (Å²) in [5.74, 6) is -2.14. The highest BCUT2D eigenvalue weighted by Gasteiger charge is 2.41. The van der Waals surface area contributed by atoms with Gasteiger partial charge in [-0.25, -0.2) is 17.7 Å². The number of imide groups is 1. The van der Waals surface area contributed by atoms with Gasteiger partial charge in [0.25, 0.3) is 21.8 Å². The number of anilines is 2. The summed E-state index contributed by atoms with van der Waals surface area (Å²) in [5, 5.41) is 0.179. The van der Waals surface area contributed by atoms with E-state index in [2.05, 4.69) is 9.71 Å². The van der Waals surface area contributed by atoms with Gasteiger partial charge in [0.05, 0.1) is 43.6 Å². The molecule has 0 aliphatic carbocycles. The quantitative estimate of drug-likeness (QED) is 0.584. The van der Waals surface area contributed by atoms with Gasteiger partial charge in [-0.15, -0.1) is 0 Å². The highest BCUT2D eigenvalue weighted by Crippen LogP contribution is 2.38. The van der Waals surface area contributed by atoms with E-state index in [0.29, 0.717) is 0 Å². The van der Waals surface area contributed by atoms with Crippen LogP contribution in [0.2, 0.25) is 10.0 Å². The second kappa shape index (κ2) is 7.35. The normalized spacial score (nSPS) is 13.5. The summed E-state index contributed by atoms with van der Waals surface area (Å²) in [4.78, 5) is 30.4. The number of amides is 2. The summed E-state index contributed by atoms with van der Waals surface area (Å²) in [6, 6.07) is 8.07. The molecule has 11 heteroatoms. The smallest absolute Gasteiger partial charge is 0.268 e. The minimum Gasteiger partial charge on any atom is -0.279 e. The Morgan fingerprint density at radius 2 is 1.60 bits per heavy atom. The second-order valence-corrected chi connectivity index (χ2v) is 8.74. The first-order valence-corrected chi connectivity index (χ1v) is 10.5. The lowest BCUT2D eigenvalue weighted by Gasteiger charge is -2.14. The van der Waals surface area contributed by atoms with Crippen LogP contribution in [0.5, 0.6) is 0 Å². The molecule has 1 aliphatic rings. The molecular formula is C19H10Cl2FN3O4S. The van der Waals surface area contributed by atoms with Gasteiger partial charge in [0, 0.05) is 6.20 Å². The van der Waals surface area contributed by atoms with Crippen LogP contribution in [-0.2, 0) is 10.0 Å². The molecule has 0 fully saturated rings. The molecule has 2 aromatic carbocycles. The molecule has 0 saturated heterocycles. The minimum absolute atomic E-state index is 0.0226. The van der Waals surface area contributed by atoms with Crippen LogP contribution in [-0.4, -0.2) is 25.2 Å². The molecule has 0 radical (unpaired) electrons. The summed E-state index contributed by atoms with van der Waals surface area (Å²) in [5.41, 5.74) is -0.397. The molecule has 0 saturated carbocycles. The molecule has 4 rings (SSSR count). The zero-order valence-corrected chi connectivity index (χ0v) is 17.1. The molecule has 3 aromatic rings. The minimum atomic E-state index is -4.17. The summed E-state index contributed by atoms with van der Waals surface area (Å²) >= 11 is 12.0. The maximum Gasteiger partial charge on any atom is 0.268 e. The highest BCUT2D eigenvalue weighted by atomic mass is 35.5. The third-order valence-electron chi connectivity index (χ3n) is 4.31. The molecule has 30 heavy (non-hydrogen) atoms. The van der Waals surface area contributed by atoms with Gasteiger partial charge >= 0.3 is 0 Å². The number of rotatable bonds is 4. The first-order chi connectivity index (χ1) is 14.2. The van der Waals surface area contributed by atoms with E-state index in [1.54, 1.807) is 0 Å². The fourth-order valence-corrected chi connectivity index (χ4v) is 4.46. The molecule has 1 N–H and O–H groups in total. The largest absolute Gasteiger partial charge is 0.279 e. The third-order valence-corrected chi connectivity index (χ3v) is 6.21. The summed E-state index contributed by atoms with van der Waals surface area (Å²) in [7, 11) is -4.17. The number of carbonyl (C=O) groups is 2. The molecule has 0 unspecified atom stereocenters. The summed E-state index contributed by atoms with van der Waals surface area (Å²) in [6.07, 6.45) is 2.60. The molecule has 0 spiro atoms. The van der Waals surface area contributed by atoms with Crippen molar-refractivity contribution in [2.45, 2.75) is 4.90 Å². The monoisotopic (exact) mass is 465 g/mol. The first-order valence-electron chi connectivity index (χ1n) is 8.29. The number of aromatic nitrogens is 1. The average molecular weight is 466 g/mol. The van der Waals surface area contributed by atoms with E-state index in [0.717, 1.165) is 29.2 Å². The van der Waals surface area contributed by atoms with Gasteiger partial charge in [0.15, 0.2) is 0 Å². The van der Waals surface area contributed by atoms with Gasteiger partial charge in [-0.2, -0.15) is 0 Å². The Bertz CT molecular complexity index is 1310. The van der Waals surface area contributed by atoms with Gasteiger partial charge in [0.1, 0.15) is 5.82 Å². The number of carbonyl (C=O) groups excluding carboxylic acids is 2. The molecule has 1 aromatic heterocycles. The van der Waals surface area contributed by atoms with Crippen LogP contribution in [0.1, 0.15) is 20.7 Å². The van der Waals surface area contributed by atoms with Crippen LogP contribution in [0.25, 0.3) is 0 Å². The van der Waals surface area contributed by atoms with Crippen molar-refractivity contribution < 1.29 is 22.4 Å². The molecule has 7 nitrogen and oxygen atoms in total. The topological polar surface area (TPSA) is 96.4 Å². The second-order valence-electron chi connectivity index (χ2n) is 6.21. The van der Waals surface area contributed by atoms with Crippen molar-refractivity contribution in [1.82, 2.24) is 4.98 Å². The van der Waals surface area contributed by atoms with E-state index in [1.165, 1.54) is 30.6 Å². The molecule has 0 atom stereocenters. The fraction of sp³-hybridized carbons (Fsp3) is 0. The van der Waals surface area contributed by atoms with E-state index in [1.807, 2.05) is 0 Å². The van der Waals surface area contributed by atoms with E-state index in [4.69, 9.17) is 23.2 Å². The number of sulfonamides is 1. The lowest BCUT2D eigenvalue weighted by Crippen LogP contribution is -2.29. The molecule has 0 bridgehead atoms. The zero-order valence-electron chi connectivity index (χ0n) is 14.8. The Balaban J connectivity index is 1.79. The van der Waals surface area contributed by atoms with E-state index >= 15 is 0 Å². The Morgan fingerprint density at radius 3 is 2.27 bits per heavy atom. The maximum atomic E-state index is 13.1. The van der Waals surface area contributed by atoms with Crippen LogP contribution >= 0.6 is 23.2 Å². The third kappa shape index (κ3) is 3.41. The van der Waals surface area contributed by atoms with Crippen LogP contribution < -0.4 is 9.62 Å². The fourth-order valence-electron chi connectivity index (χ4n) is 2.98. The van der Waals surface area contributed by atoms with Gasteiger partial charge < -0.3 is 0 Å². The molecule has 2 amide bonds. The van der Waals surface area contributed by atoms with Crippen LogP contribution in [0.15, 0.2) is 59.8 Å². The van der Waals surface area contributed by atoms with Crippen molar-refractivity contribution in [3.05, 3.63) is 81.8 Å². The van der Waals surface area contributed by atoms with Gasteiger partial charge in [0.2, 0.25) is 0 Å². The zero-order chi connectivity index (χ0) is 21.6. The van der Waals surface area contributed by atoms with E-state index in [9.17, 15) is 22.4 Å². The average Bonchev–Trinajstić information content (AvgIpc) is 2.96. The number of hydrogen-bond acceptors (Lipinski definition) is 5. The first kappa shape index (κ1) is 20.3. The van der Waals surface area contributed by atoms with Crippen LogP contribution in [0.4, 0.5) is 15.8 Å². The predicted octanol–water partition coefficient (Wildman–Crippen LogP) is 4.13. The summed E-state index contributed by atoms with van der Waals surface area (Å²) in [6.45, 7) is 0. The van der Waals surface area contributed by atoms with Gasteiger partial charge in [-0.3, -0.25) is 19.3 Å². The number of hydrogen-bond donors (Lipinski definition) is 1. The van der Waals surface area contributed by atoms with Crippen molar-refractivity contribution in [3.8, 4) is 0 Å². The number of nitrogens with zero attached hydrogens (tertiary/aromatic N) is 2. The highest BCUT2D eigenvalue weighted by molar-refractivity contribution is 7.92. The Kier molecular flexibility index (Phi) is 4.97. The van der Waals surface area contributed by atoms with E-state index in [-0.39, 0.29) is 37.4 Å². The maximum absolute atomic E-state index is 13.1. The number of fused-ring (bicyclic) bond motifs is 1. The Hall–Kier alpha value is -3.01. The number of halogens is 3. The molecule has 2 heterocycles. The van der Waals surface area contributed by atoms with E-state index < -0.39 is 27.7 Å². The lowest BCUT2D eigenvalue weighted by atomic mass is 10.1. The SMILES string of the molecule is O=C1c2c(Cl)ccc(NS(=O)(=O)c3ccc(F)cc3)c2C(=O)N1c1cncc(Cl)c1. The predicted molar refractivity (Wildman–Crippen MR) is 109 cm³/mol.